The molecule has 5 heteroatoms. The first kappa shape index (κ1) is 16.3. The number of amides is 1. The number of hydrogen-bond acceptors (Lipinski definition) is 3. The van der Waals surface area contributed by atoms with E-state index < -0.39 is 0 Å². The third-order valence-corrected chi connectivity index (χ3v) is 4.04. The maximum atomic E-state index is 12.3. The van der Waals surface area contributed by atoms with Crippen molar-refractivity contribution < 1.29 is 9.53 Å². The molecule has 1 aliphatic heterocycles. The van der Waals surface area contributed by atoms with Crippen LogP contribution in [0.3, 0.4) is 0 Å². The van der Waals surface area contributed by atoms with Crippen LogP contribution in [0.2, 0.25) is 5.02 Å². The van der Waals surface area contributed by atoms with Crippen molar-refractivity contribution in [1.82, 2.24) is 9.80 Å². The van der Waals surface area contributed by atoms with Crippen LogP contribution in [0, 0.1) is 5.92 Å². The molecule has 1 heterocycles. The Bertz CT molecular complexity index is 456. The average molecular weight is 311 g/mol. The van der Waals surface area contributed by atoms with Gasteiger partial charge in [-0.2, -0.15) is 0 Å². The Balaban J connectivity index is 1.72. The highest BCUT2D eigenvalue weighted by molar-refractivity contribution is 6.30. The second-order valence-electron chi connectivity index (χ2n) is 5.67. The van der Waals surface area contributed by atoms with Crippen molar-refractivity contribution in [3.8, 4) is 0 Å². The minimum Gasteiger partial charge on any atom is -0.376 e. The van der Waals surface area contributed by atoms with E-state index in [1.54, 1.807) is 0 Å². The lowest BCUT2D eigenvalue weighted by molar-refractivity contribution is -0.138. The van der Waals surface area contributed by atoms with E-state index in [-0.39, 0.29) is 11.8 Å². The highest BCUT2D eigenvalue weighted by Gasteiger charge is 2.23. The maximum Gasteiger partial charge on any atom is 0.227 e. The van der Waals surface area contributed by atoms with Gasteiger partial charge in [-0.15, -0.1) is 0 Å². The van der Waals surface area contributed by atoms with Crippen molar-refractivity contribution in [3.63, 3.8) is 0 Å². The fraction of sp³-hybridized carbons (Fsp3) is 0.562. The van der Waals surface area contributed by atoms with Crippen LogP contribution in [0.4, 0.5) is 0 Å². The van der Waals surface area contributed by atoms with Gasteiger partial charge in [0.15, 0.2) is 0 Å². The quantitative estimate of drug-likeness (QED) is 0.836. The van der Waals surface area contributed by atoms with Crippen molar-refractivity contribution in [3.05, 3.63) is 34.9 Å². The van der Waals surface area contributed by atoms with Crippen LogP contribution in [0.25, 0.3) is 0 Å². The van der Waals surface area contributed by atoms with Crippen LogP contribution >= 0.6 is 11.6 Å². The molecular formula is C16H23ClN2O2. The summed E-state index contributed by atoms with van der Waals surface area (Å²) < 4.78 is 5.65. The number of nitrogens with zero attached hydrogens (tertiary/aromatic N) is 2. The smallest absolute Gasteiger partial charge is 0.227 e. The Morgan fingerprint density at radius 1 is 1.24 bits per heavy atom. The topological polar surface area (TPSA) is 32.8 Å². The van der Waals surface area contributed by atoms with E-state index in [2.05, 4.69) is 11.9 Å². The molecule has 1 saturated heterocycles. The van der Waals surface area contributed by atoms with Gasteiger partial charge in [-0.1, -0.05) is 30.7 Å². The normalized spacial score (nSPS) is 17.8. The number of hydrogen-bond donors (Lipinski definition) is 0. The first-order valence-corrected chi connectivity index (χ1v) is 7.73. The molecule has 1 aromatic carbocycles. The Labute approximate surface area is 131 Å². The van der Waals surface area contributed by atoms with E-state index in [0.29, 0.717) is 13.2 Å². The molecule has 0 bridgehead atoms. The second kappa shape index (κ2) is 7.78. The predicted octanol–water partition coefficient (Wildman–Crippen LogP) is 2.27. The zero-order chi connectivity index (χ0) is 15.2. The third-order valence-electron chi connectivity index (χ3n) is 3.79. The average Bonchev–Trinajstić information content (AvgIpc) is 2.49. The highest BCUT2D eigenvalue weighted by atomic mass is 35.5. The number of carbonyl (C=O) groups is 1. The van der Waals surface area contributed by atoms with E-state index in [9.17, 15) is 4.79 Å². The lowest BCUT2D eigenvalue weighted by Gasteiger charge is -2.33. The summed E-state index contributed by atoms with van der Waals surface area (Å²) in [5.41, 5.74) is 1.07. The van der Waals surface area contributed by atoms with Crippen molar-refractivity contribution in [2.75, 3.05) is 39.8 Å². The number of likely N-dealkylation sites (N-methyl/N-ethyl adjacent to an activating group) is 1. The first-order chi connectivity index (χ1) is 10.1. The summed E-state index contributed by atoms with van der Waals surface area (Å²) in [5.74, 6) is 0.0971. The van der Waals surface area contributed by atoms with Crippen molar-refractivity contribution in [1.29, 1.82) is 0 Å². The summed E-state index contributed by atoms with van der Waals surface area (Å²) in [6, 6.07) is 7.57. The van der Waals surface area contributed by atoms with Crippen LogP contribution in [0.15, 0.2) is 24.3 Å². The lowest BCUT2D eigenvalue weighted by atomic mass is 10.1. The Morgan fingerprint density at radius 3 is 2.48 bits per heavy atom. The van der Waals surface area contributed by atoms with Crippen LogP contribution in [-0.4, -0.2) is 55.5 Å². The standard InChI is InChI=1S/C16H23ClN2O2/c1-13(16(20)19-9-7-18(2)8-10-19)11-21-12-14-3-5-15(17)6-4-14/h3-6,13H,7-12H2,1-2H3. The fourth-order valence-corrected chi connectivity index (χ4v) is 2.47. The fourth-order valence-electron chi connectivity index (χ4n) is 2.34. The molecule has 1 unspecified atom stereocenters. The molecule has 2 rings (SSSR count). The van der Waals surface area contributed by atoms with Crippen molar-refractivity contribution >= 4 is 17.5 Å². The predicted molar refractivity (Wildman–Crippen MR) is 84.3 cm³/mol. The summed E-state index contributed by atoms with van der Waals surface area (Å²) in [5, 5.41) is 0.720. The van der Waals surface area contributed by atoms with Gasteiger partial charge in [-0.25, -0.2) is 0 Å². The molecule has 1 amide bonds. The summed E-state index contributed by atoms with van der Waals surface area (Å²) >= 11 is 5.84. The molecule has 0 N–H and O–H groups in total. The minimum atomic E-state index is -0.0966. The van der Waals surface area contributed by atoms with Crippen LogP contribution < -0.4 is 0 Å². The monoisotopic (exact) mass is 310 g/mol. The molecule has 0 aliphatic carbocycles. The van der Waals surface area contributed by atoms with Crippen LogP contribution in [-0.2, 0) is 16.1 Å². The van der Waals surface area contributed by atoms with Gasteiger partial charge in [0.25, 0.3) is 0 Å². The van der Waals surface area contributed by atoms with E-state index in [1.165, 1.54) is 0 Å². The molecule has 1 aromatic rings. The van der Waals surface area contributed by atoms with Gasteiger partial charge in [0.1, 0.15) is 0 Å². The molecule has 1 atom stereocenters. The number of rotatable bonds is 5. The summed E-state index contributed by atoms with van der Waals surface area (Å²) in [4.78, 5) is 16.5. The molecule has 0 saturated carbocycles. The highest BCUT2D eigenvalue weighted by Crippen LogP contribution is 2.12. The number of piperazine rings is 1. The zero-order valence-corrected chi connectivity index (χ0v) is 13.5. The Morgan fingerprint density at radius 2 is 1.86 bits per heavy atom. The molecular weight excluding hydrogens is 288 g/mol. The van der Waals surface area contributed by atoms with E-state index in [1.807, 2.05) is 36.1 Å². The van der Waals surface area contributed by atoms with Gasteiger partial charge in [0, 0.05) is 31.2 Å². The third kappa shape index (κ3) is 4.99. The second-order valence-corrected chi connectivity index (χ2v) is 6.11. The zero-order valence-electron chi connectivity index (χ0n) is 12.7. The van der Waals surface area contributed by atoms with E-state index >= 15 is 0 Å². The molecule has 0 radical (unpaired) electrons. The first-order valence-electron chi connectivity index (χ1n) is 7.36. The van der Waals surface area contributed by atoms with Crippen molar-refractivity contribution in [2.45, 2.75) is 13.5 Å². The molecule has 4 nitrogen and oxygen atoms in total. The van der Waals surface area contributed by atoms with Crippen LogP contribution in [0.1, 0.15) is 12.5 Å². The molecule has 21 heavy (non-hydrogen) atoms. The van der Waals surface area contributed by atoms with E-state index in [0.717, 1.165) is 36.8 Å². The van der Waals surface area contributed by atoms with Gasteiger partial charge >= 0.3 is 0 Å². The molecule has 1 aliphatic rings. The Kier molecular flexibility index (Phi) is 6.03. The van der Waals surface area contributed by atoms with E-state index in [4.69, 9.17) is 16.3 Å². The van der Waals surface area contributed by atoms with Crippen molar-refractivity contribution in [2.24, 2.45) is 5.92 Å². The summed E-state index contributed by atoms with van der Waals surface area (Å²) in [7, 11) is 2.08. The van der Waals surface area contributed by atoms with Gasteiger partial charge in [-0.05, 0) is 24.7 Å². The lowest BCUT2D eigenvalue weighted by Crippen LogP contribution is -2.49. The molecule has 0 aromatic heterocycles. The molecule has 116 valence electrons. The van der Waals surface area contributed by atoms with Gasteiger partial charge < -0.3 is 14.5 Å². The van der Waals surface area contributed by atoms with Gasteiger partial charge in [0.2, 0.25) is 5.91 Å². The number of benzene rings is 1. The number of ether oxygens (including phenoxy) is 1. The van der Waals surface area contributed by atoms with Gasteiger partial charge in [-0.3, -0.25) is 4.79 Å². The Hall–Kier alpha value is -1.10. The SMILES string of the molecule is CC(COCc1ccc(Cl)cc1)C(=O)N1CCN(C)CC1. The van der Waals surface area contributed by atoms with Crippen LogP contribution in [0.5, 0.6) is 0 Å². The summed E-state index contributed by atoms with van der Waals surface area (Å²) in [6.07, 6.45) is 0. The molecule has 1 fully saturated rings. The largest absolute Gasteiger partial charge is 0.376 e. The maximum absolute atomic E-state index is 12.3. The van der Waals surface area contributed by atoms with Gasteiger partial charge in [0.05, 0.1) is 19.1 Å². The molecule has 0 spiro atoms. The minimum absolute atomic E-state index is 0.0966. The number of halogens is 1. The summed E-state index contributed by atoms with van der Waals surface area (Å²) in [6.45, 7) is 6.43. The number of carbonyl (C=O) groups excluding carboxylic acids is 1.